The molecule has 28 heavy (non-hydrogen) atoms. The minimum atomic E-state index is 0.213. The van der Waals surface area contributed by atoms with E-state index < -0.39 is 0 Å². The Bertz CT molecular complexity index is 1090. The van der Waals surface area contributed by atoms with Gasteiger partial charge in [0.25, 0.3) is 0 Å². The molecule has 3 N–H and O–H groups in total. The molecule has 7 heteroatoms. The van der Waals surface area contributed by atoms with Gasteiger partial charge < -0.3 is 20.0 Å². The fourth-order valence-electron chi connectivity index (χ4n) is 2.96. The number of hydrogen-bond acceptors (Lipinski definition) is 5. The van der Waals surface area contributed by atoms with Crippen molar-refractivity contribution in [1.29, 1.82) is 5.26 Å². The molecule has 0 amide bonds. The fourth-order valence-corrected chi connectivity index (χ4v) is 2.96. The number of aromatic nitrogens is 4. The number of ether oxygens (including phenoxy) is 1. The van der Waals surface area contributed by atoms with E-state index in [9.17, 15) is 5.26 Å². The van der Waals surface area contributed by atoms with E-state index in [1.54, 1.807) is 12.5 Å². The zero-order chi connectivity index (χ0) is 19.3. The number of anilines is 1. The summed E-state index contributed by atoms with van der Waals surface area (Å²) in [6.45, 7) is 1.26. The first-order valence-corrected chi connectivity index (χ1v) is 8.78. The van der Waals surface area contributed by atoms with Gasteiger partial charge in [-0.3, -0.25) is 0 Å². The van der Waals surface area contributed by atoms with Gasteiger partial charge in [0.05, 0.1) is 24.3 Å². The van der Waals surface area contributed by atoms with E-state index >= 15 is 0 Å². The molecule has 0 atom stereocenters. The molecule has 0 radical (unpaired) electrons. The van der Waals surface area contributed by atoms with Crippen LogP contribution in [0.1, 0.15) is 5.56 Å². The standard InChI is InChI=1S/C21H18N6O/c22-13-18-17(12-20(26-21(18)23)19-2-1-7-25-19)15-3-5-16(6-4-15)28-11-10-27-9-8-24-14-27/h1-9,12,14,25H,10-11H2,(H2,23,26). The number of hydrogen-bond donors (Lipinski definition) is 2. The Balaban J connectivity index is 1.57. The highest BCUT2D eigenvalue weighted by atomic mass is 16.5. The number of pyridine rings is 1. The maximum atomic E-state index is 9.53. The van der Waals surface area contributed by atoms with Crippen molar-refractivity contribution in [2.24, 2.45) is 0 Å². The largest absolute Gasteiger partial charge is 0.492 e. The lowest BCUT2D eigenvalue weighted by Crippen LogP contribution is -2.06. The molecule has 0 aliphatic carbocycles. The smallest absolute Gasteiger partial charge is 0.142 e. The molecule has 0 unspecified atom stereocenters. The Kier molecular flexibility index (Phi) is 4.76. The highest BCUT2D eigenvalue weighted by Gasteiger charge is 2.14. The second kappa shape index (κ2) is 7.68. The van der Waals surface area contributed by atoms with Crippen LogP contribution in [0.3, 0.4) is 0 Å². The van der Waals surface area contributed by atoms with E-state index in [4.69, 9.17) is 10.5 Å². The molecule has 3 aromatic heterocycles. The average molecular weight is 370 g/mol. The van der Waals surface area contributed by atoms with Gasteiger partial charge in [0.15, 0.2) is 0 Å². The SMILES string of the molecule is N#Cc1c(-c2ccc(OCCn3ccnc3)cc2)cc(-c2ccc[nH]2)nc1N. The Morgan fingerprint density at radius 1 is 1.21 bits per heavy atom. The minimum Gasteiger partial charge on any atom is -0.492 e. The van der Waals surface area contributed by atoms with Gasteiger partial charge in [-0.05, 0) is 35.9 Å². The van der Waals surface area contributed by atoms with Gasteiger partial charge in [0.1, 0.15) is 29.8 Å². The second-order valence-electron chi connectivity index (χ2n) is 6.18. The van der Waals surface area contributed by atoms with Crippen LogP contribution in [0.5, 0.6) is 5.75 Å². The summed E-state index contributed by atoms with van der Waals surface area (Å²) in [6.07, 6.45) is 7.21. The molecule has 0 saturated carbocycles. The quantitative estimate of drug-likeness (QED) is 0.540. The van der Waals surface area contributed by atoms with Gasteiger partial charge in [0.2, 0.25) is 0 Å². The van der Waals surface area contributed by atoms with Crippen LogP contribution in [0.2, 0.25) is 0 Å². The summed E-state index contributed by atoms with van der Waals surface area (Å²) in [5.41, 5.74) is 9.56. The number of benzene rings is 1. The number of nitrogens with two attached hydrogens (primary N) is 1. The zero-order valence-electron chi connectivity index (χ0n) is 15.0. The van der Waals surface area contributed by atoms with Crippen molar-refractivity contribution in [2.75, 3.05) is 12.3 Å². The van der Waals surface area contributed by atoms with Crippen LogP contribution in [-0.2, 0) is 6.54 Å². The van der Waals surface area contributed by atoms with E-state index in [0.717, 1.165) is 29.1 Å². The molecular weight excluding hydrogens is 352 g/mol. The monoisotopic (exact) mass is 370 g/mol. The molecule has 0 saturated heterocycles. The Morgan fingerprint density at radius 2 is 2.07 bits per heavy atom. The van der Waals surface area contributed by atoms with Crippen LogP contribution in [-0.4, -0.2) is 26.1 Å². The first-order valence-electron chi connectivity index (χ1n) is 8.78. The first kappa shape index (κ1) is 17.4. The Labute approximate surface area is 162 Å². The van der Waals surface area contributed by atoms with Gasteiger partial charge in [-0.15, -0.1) is 0 Å². The highest BCUT2D eigenvalue weighted by Crippen LogP contribution is 2.31. The number of imidazole rings is 1. The second-order valence-corrected chi connectivity index (χ2v) is 6.18. The van der Waals surface area contributed by atoms with E-state index in [2.05, 4.69) is 21.0 Å². The number of H-pyrrole nitrogens is 1. The van der Waals surface area contributed by atoms with Crippen molar-refractivity contribution >= 4 is 5.82 Å². The minimum absolute atomic E-state index is 0.213. The molecule has 7 nitrogen and oxygen atoms in total. The summed E-state index contributed by atoms with van der Waals surface area (Å²) in [7, 11) is 0. The molecule has 3 heterocycles. The number of aromatic amines is 1. The molecule has 0 fully saturated rings. The summed E-state index contributed by atoms with van der Waals surface area (Å²) in [5.74, 6) is 0.972. The van der Waals surface area contributed by atoms with Crippen LogP contribution in [0.25, 0.3) is 22.5 Å². The molecule has 0 spiro atoms. The third-order valence-electron chi connectivity index (χ3n) is 4.38. The molecule has 0 aliphatic heterocycles. The lowest BCUT2D eigenvalue weighted by atomic mass is 9.99. The van der Waals surface area contributed by atoms with E-state index in [0.29, 0.717) is 17.9 Å². The summed E-state index contributed by atoms with van der Waals surface area (Å²) >= 11 is 0. The third kappa shape index (κ3) is 3.57. The van der Waals surface area contributed by atoms with E-state index in [1.165, 1.54) is 0 Å². The van der Waals surface area contributed by atoms with Gasteiger partial charge in [-0.2, -0.15) is 5.26 Å². The van der Waals surface area contributed by atoms with Crippen molar-refractivity contribution in [1.82, 2.24) is 19.5 Å². The Hall–Kier alpha value is -4.05. The number of nitriles is 1. The number of rotatable bonds is 6. The maximum Gasteiger partial charge on any atom is 0.142 e. The molecule has 0 aliphatic rings. The average Bonchev–Trinajstić information content (AvgIpc) is 3.42. The third-order valence-corrected chi connectivity index (χ3v) is 4.38. The van der Waals surface area contributed by atoms with Crippen molar-refractivity contribution in [3.63, 3.8) is 0 Å². The summed E-state index contributed by atoms with van der Waals surface area (Å²) in [5, 5.41) is 9.53. The van der Waals surface area contributed by atoms with Crippen LogP contribution in [0.4, 0.5) is 5.82 Å². The maximum absolute atomic E-state index is 9.53. The predicted molar refractivity (Wildman–Crippen MR) is 106 cm³/mol. The molecular formula is C21H18N6O. The highest BCUT2D eigenvalue weighted by molar-refractivity contribution is 5.79. The molecule has 138 valence electrons. The normalized spacial score (nSPS) is 10.5. The van der Waals surface area contributed by atoms with E-state index in [-0.39, 0.29) is 5.82 Å². The topological polar surface area (TPSA) is 106 Å². The van der Waals surface area contributed by atoms with Gasteiger partial charge in [-0.25, -0.2) is 9.97 Å². The molecule has 4 rings (SSSR count). The van der Waals surface area contributed by atoms with E-state index in [1.807, 2.05) is 59.4 Å². The predicted octanol–water partition coefficient (Wildman–Crippen LogP) is 3.47. The van der Waals surface area contributed by atoms with Crippen molar-refractivity contribution in [3.8, 4) is 34.3 Å². The molecule has 4 aromatic rings. The van der Waals surface area contributed by atoms with Gasteiger partial charge in [0, 0.05) is 24.2 Å². The van der Waals surface area contributed by atoms with Crippen LogP contribution < -0.4 is 10.5 Å². The lowest BCUT2D eigenvalue weighted by Gasteiger charge is -2.11. The molecule has 1 aromatic carbocycles. The lowest BCUT2D eigenvalue weighted by molar-refractivity contribution is 0.298. The van der Waals surface area contributed by atoms with Gasteiger partial charge in [-0.1, -0.05) is 12.1 Å². The fraction of sp³-hybridized carbons (Fsp3) is 0.0952. The van der Waals surface area contributed by atoms with Crippen molar-refractivity contribution < 1.29 is 4.74 Å². The van der Waals surface area contributed by atoms with Crippen LogP contribution >= 0.6 is 0 Å². The summed E-state index contributed by atoms with van der Waals surface area (Å²) < 4.78 is 7.73. The van der Waals surface area contributed by atoms with Gasteiger partial charge >= 0.3 is 0 Å². The number of nitrogens with one attached hydrogen (secondary N) is 1. The summed E-state index contributed by atoms with van der Waals surface area (Å²) in [4.78, 5) is 11.5. The molecule has 0 bridgehead atoms. The number of nitrogen functional groups attached to an aromatic ring is 1. The Morgan fingerprint density at radius 3 is 2.75 bits per heavy atom. The van der Waals surface area contributed by atoms with Crippen LogP contribution in [0.15, 0.2) is 67.4 Å². The van der Waals surface area contributed by atoms with Crippen LogP contribution in [0, 0.1) is 11.3 Å². The van der Waals surface area contributed by atoms with Crippen molar-refractivity contribution in [2.45, 2.75) is 6.54 Å². The number of nitrogens with zero attached hydrogens (tertiary/aromatic N) is 4. The van der Waals surface area contributed by atoms with Crippen molar-refractivity contribution in [3.05, 3.63) is 72.9 Å². The zero-order valence-corrected chi connectivity index (χ0v) is 15.0. The first-order chi connectivity index (χ1) is 13.7. The summed E-state index contributed by atoms with van der Waals surface area (Å²) in [6, 6.07) is 15.4.